The number of aromatic nitrogens is 3. The average molecular weight is 398 g/mol. The van der Waals surface area contributed by atoms with Crippen molar-refractivity contribution in [3.8, 4) is 22.9 Å². The van der Waals surface area contributed by atoms with E-state index >= 15 is 0 Å². The maximum Gasteiger partial charge on any atom is 0.240 e. The summed E-state index contributed by atoms with van der Waals surface area (Å²) >= 11 is 5.30. The Labute approximate surface area is 168 Å². The van der Waals surface area contributed by atoms with E-state index in [4.69, 9.17) is 21.7 Å². The van der Waals surface area contributed by atoms with Crippen LogP contribution in [-0.4, -0.2) is 34.9 Å². The first-order valence-electron chi connectivity index (χ1n) is 8.71. The standard InChI is InChI=1S/C20H22N4O3S/c1-13-5-4-6-14(9-13)19-22-23-20(28)24(19)12-18(25)21-11-15-7-8-16(26-2)10-17(15)27-3/h4-10H,11-12H2,1-3H3,(H,21,25)(H,23,28). The molecular weight excluding hydrogens is 376 g/mol. The topological polar surface area (TPSA) is 81.2 Å². The predicted molar refractivity (Wildman–Crippen MR) is 109 cm³/mol. The first-order valence-corrected chi connectivity index (χ1v) is 9.12. The second-order valence-electron chi connectivity index (χ2n) is 6.26. The van der Waals surface area contributed by atoms with Crippen LogP contribution in [0.2, 0.25) is 0 Å². The van der Waals surface area contributed by atoms with Crippen molar-refractivity contribution in [2.24, 2.45) is 0 Å². The number of amides is 1. The highest BCUT2D eigenvalue weighted by Gasteiger charge is 2.13. The lowest BCUT2D eigenvalue weighted by Gasteiger charge is -2.12. The molecule has 1 amide bonds. The van der Waals surface area contributed by atoms with Crippen molar-refractivity contribution in [3.63, 3.8) is 0 Å². The van der Waals surface area contributed by atoms with E-state index in [2.05, 4.69) is 15.5 Å². The van der Waals surface area contributed by atoms with Crippen molar-refractivity contribution >= 4 is 18.1 Å². The Hall–Kier alpha value is -3.13. The summed E-state index contributed by atoms with van der Waals surface area (Å²) in [4.78, 5) is 12.5. The molecular formula is C20H22N4O3S. The van der Waals surface area contributed by atoms with Gasteiger partial charge in [0.05, 0.1) is 14.2 Å². The number of nitrogens with one attached hydrogen (secondary N) is 2. The molecule has 8 heteroatoms. The molecule has 0 aliphatic heterocycles. The minimum Gasteiger partial charge on any atom is -0.497 e. The summed E-state index contributed by atoms with van der Waals surface area (Å²) in [7, 11) is 3.18. The normalized spacial score (nSPS) is 10.5. The summed E-state index contributed by atoms with van der Waals surface area (Å²) in [5.74, 6) is 1.80. The van der Waals surface area contributed by atoms with Crippen LogP contribution < -0.4 is 14.8 Å². The van der Waals surface area contributed by atoms with Crippen LogP contribution in [0.25, 0.3) is 11.4 Å². The number of aryl methyl sites for hydroxylation is 1. The highest BCUT2D eigenvalue weighted by Crippen LogP contribution is 2.24. The maximum atomic E-state index is 12.5. The first kappa shape index (κ1) is 19.6. The number of methoxy groups -OCH3 is 2. The summed E-state index contributed by atoms with van der Waals surface area (Å²) in [6, 6.07) is 13.4. The highest BCUT2D eigenvalue weighted by atomic mass is 32.1. The SMILES string of the molecule is COc1ccc(CNC(=O)Cn2c(-c3cccc(C)c3)n[nH]c2=S)c(OC)c1. The number of carbonyl (C=O) groups is 1. The third-order valence-electron chi connectivity index (χ3n) is 4.31. The van der Waals surface area contributed by atoms with Gasteiger partial charge in [-0.25, -0.2) is 0 Å². The van der Waals surface area contributed by atoms with Crippen LogP contribution in [0.15, 0.2) is 42.5 Å². The van der Waals surface area contributed by atoms with Crippen molar-refractivity contribution < 1.29 is 14.3 Å². The van der Waals surface area contributed by atoms with Crippen LogP contribution in [0.1, 0.15) is 11.1 Å². The molecule has 0 aliphatic rings. The van der Waals surface area contributed by atoms with Crippen molar-refractivity contribution in [1.29, 1.82) is 0 Å². The van der Waals surface area contributed by atoms with Crippen molar-refractivity contribution in [1.82, 2.24) is 20.1 Å². The fourth-order valence-corrected chi connectivity index (χ4v) is 3.06. The van der Waals surface area contributed by atoms with Gasteiger partial charge in [-0.3, -0.25) is 14.5 Å². The molecule has 0 bridgehead atoms. The second-order valence-corrected chi connectivity index (χ2v) is 6.65. The van der Waals surface area contributed by atoms with Gasteiger partial charge in [0.2, 0.25) is 5.91 Å². The molecule has 0 atom stereocenters. The maximum absolute atomic E-state index is 12.5. The van der Waals surface area contributed by atoms with Gasteiger partial charge in [0.1, 0.15) is 18.0 Å². The Morgan fingerprint density at radius 1 is 1.21 bits per heavy atom. The van der Waals surface area contributed by atoms with Gasteiger partial charge in [-0.1, -0.05) is 23.8 Å². The van der Waals surface area contributed by atoms with Crippen LogP contribution in [0.4, 0.5) is 0 Å². The molecule has 0 aliphatic carbocycles. The molecule has 1 aromatic heterocycles. The minimum absolute atomic E-state index is 0.0665. The summed E-state index contributed by atoms with van der Waals surface area (Å²) in [5, 5.41) is 9.94. The Bertz CT molecular complexity index is 1040. The number of benzene rings is 2. The lowest BCUT2D eigenvalue weighted by molar-refractivity contribution is -0.121. The Morgan fingerprint density at radius 3 is 2.75 bits per heavy atom. The smallest absolute Gasteiger partial charge is 0.240 e. The molecule has 0 radical (unpaired) electrons. The van der Waals surface area contributed by atoms with Gasteiger partial charge in [-0.05, 0) is 37.3 Å². The minimum atomic E-state index is -0.177. The zero-order chi connectivity index (χ0) is 20.1. The van der Waals surface area contributed by atoms with Crippen LogP contribution in [-0.2, 0) is 17.9 Å². The van der Waals surface area contributed by atoms with E-state index < -0.39 is 0 Å². The Balaban J connectivity index is 1.73. The van der Waals surface area contributed by atoms with Gasteiger partial charge in [0, 0.05) is 23.7 Å². The molecule has 28 heavy (non-hydrogen) atoms. The fourth-order valence-electron chi connectivity index (χ4n) is 2.86. The Kier molecular flexibility index (Phi) is 6.10. The number of nitrogens with zero attached hydrogens (tertiary/aromatic N) is 2. The highest BCUT2D eigenvalue weighted by molar-refractivity contribution is 7.71. The van der Waals surface area contributed by atoms with Crippen LogP contribution in [0, 0.1) is 11.7 Å². The molecule has 146 valence electrons. The Morgan fingerprint density at radius 2 is 2.04 bits per heavy atom. The zero-order valence-corrected chi connectivity index (χ0v) is 16.8. The van der Waals surface area contributed by atoms with Gasteiger partial charge in [0.15, 0.2) is 10.6 Å². The molecule has 7 nitrogen and oxygen atoms in total. The van der Waals surface area contributed by atoms with Crippen molar-refractivity contribution in [2.75, 3.05) is 14.2 Å². The lowest BCUT2D eigenvalue weighted by atomic mass is 10.1. The number of carbonyl (C=O) groups excluding carboxylic acids is 1. The van der Waals surface area contributed by atoms with Gasteiger partial charge in [0.25, 0.3) is 0 Å². The second kappa shape index (κ2) is 8.71. The quantitative estimate of drug-likeness (QED) is 0.597. The van der Waals surface area contributed by atoms with Gasteiger partial charge in [-0.2, -0.15) is 5.10 Å². The molecule has 3 rings (SSSR count). The molecule has 0 spiro atoms. The van der Waals surface area contributed by atoms with E-state index in [1.807, 2.05) is 43.3 Å². The zero-order valence-electron chi connectivity index (χ0n) is 16.0. The molecule has 0 unspecified atom stereocenters. The number of ether oxygens (including phenoxy) is 2. The average Bonchev–Trinajstić information content (AvgIpc) is 3.06. The summed E-state index contributed by atoms with van der Waals surface area (Å²) in [5.41, 5.74) is 2.86. The van der Waals surface area contributed by atoms with E-state index in [1.165, 1.54) is 0 Å². The van der Waals surface area contributed by atoms with Crippen molar-refractivity contribution in [2.45, 2.75) is 20.0 Å². The lowest BCUT2D eigenvalue weighted by Crippen LogP contribution is -2.27. The number of H-pyrrole nitrogens is 1. The predicted octanol–water partition coefficient (Wildman–Crippen LogP) is 3.25. The molecule has 2 N–H and O–H groups in total. The van der Waals surface area contributed by atoms with Crippen LogP contribution in [0.3, 0.4) is 0 Å². The third kappa shape index (κ3) is 4.40. The fraction of sp³-hybridized carbons (Fsp3) is 0.250. The van der Waals surface area contributed by atoms with E-state index in [0.717, 1.165) is 16.7 Å². The van der Waals surface area contributed by atoms with Crippen LogP contribution in [0.5, 0.6) is 11.5 Å². The van der Waals surface area contributed by atoms with E-state index in [1.54, 1.807) is 24.9 Å². The van der Waals surface area contributed by atoms with E-state index in [9.17, 15) is 4.79 Å². The van der Waals surface area contributed by atoms with E-state index in [-0.39, 0.29) is 12.5 Å². The molecule has 0 saturated carbocycles. The number of hydrogen-bond donors (Lipinski definition) is 2. The van der Waals surface area contributed by atoms with Gasteiger partial charge >= 0.3 is 0 Å². The first-order chi connectivity index (χ1) is 13.5. The molecule has 0 fully saturated rings. The van der Waals surface area contributed by atoms with Crippen LogP contribution >= 0.6 is 12.2 Å². The molecule has 3 aromatic rings. The third-order valence-corrected chi connectivity index (χ3v) is 4.62. The van der Waals surface area contributed by atoms with Crippen molar-refractivity contribution in [3.05, 3.63) is 58.4 Å². The van der Waals surface area contributed by atoms with Gasteiger partial charge < -0.3 is 14.8 Å². The number of aromatic amines is 1. The van der Waals surface area contributed by atoms with Gasteiger partial charge in [-0.15, -0.1) is 0 Å². The number of rotatable bonds is 7. The summed E-state index contributed by atoms with van der Waals surface area (Å²) in [6.07, 6.45) is 0. The largest absolute Gasteiger partial charge is 0.497 e. The molecule has 1 heterocycles. The molecule has 0 saturated heterocycles. The van der Waals surface area contributed by atoms with E-state index in [0.29, 0.717) is 28.6 Å². The summed E-state index contributed by atoms with van der Waals surface area (Å²) < 4.78 is 12.6. The molecule has 2 aromatic carbocycles. The monoisotopic (exact) mass is 398 g/mol. The summed E-state index contributed by atoms with van der Waals surface area (Å²) in [6.45, 7) is 2.40. The number of hydrogen-bond acceptors (Lipinski definition) is 5.